The van der Waals surface area contributed by atoms with Gasteiger partial charge in [-0.25, -0.2) is 0 Å². The van der Waals surface area contributed by atoms with Gasteiger partial charge in [-0.15, -0.1) is 0 Å². The van der Waals surface area contributed by atoms with E-state index in [1.54, 1.807) is 42.5 Å². The highest BCUT2D eigenvalue weighted by atomic mass is 32.2. The van der Waals surface area contributed by atoms with Gasteiger partial charge in [0, 0.05) is 5.56 Å². The molecule has 0 saturated heterocycles. The summed E-state index contributed by atoms with van der Waals surface area (Å²) in [5.74, 6) is -0.237. The molecule has 0 unspecified atom stereocenters. The van der Waals surface area contributed by atoms with Crippen molar-refractivity contribution in [2.24, 2.45) is 0 Å². The van der Waals surface area contributed by atoms with E-state index >= 15 is 0 Å². The van der Waals surface area contributed by atoms with E-state index in [9.17, 15) is 13.2 Å². The van der Waals surface area contributed by atoms with Gasteiger partial charge in [0.2, 0.25) is 0 Å². The number of para-hydroxylation sites is 1. The lowest BCUT2D eigenvalue weighted by atomic mass is 10.0. The molecule has 0 aliphatic heterocycles. The Morgan fingerprint density at radius 2 is 1.53 bits per heavy atom. The van der Waals surface area contributed by atoms with Crippen LogP contribution in [0.15, 0.2) is 54.6 Å². The first kappa shape index (κ1) is 13.3. The molecule has 98 valence electrons. The van der Waals surface area contributed by atoms with Crippen LogP contribution in [0.25, 0.3) is 0 Å². The lowest BCUT2D eigenvalue weighted by Crippen LogP contribution is -2.10. The molecule has 0 saturated carbocycles. The molecule has 19 heavy (non-hydrogen) atoms. The molecular weight excluding hydrogens is 264 g/mol. The maximum Gasteiger partial charge on any atom is 0.306 e. The van der Waals surface area contributed by atoms with Gasteiger partial charge in [-0.05, 0) is 12.1 Å². The number of ketones is 1. The molecule has 4 nitrogen and oxygen atoms in total. The highest BCUT2D eigenvalue weighted by molar-refractivity contribution is 7.86. The standard InChI is InChI=1S/C14H12O4S/c1-19(16,17)18-13-10-6-5-9-12(13)14(15)11-7-3-2-4-8-11/h2-10H,1H3. The quantitative estimate of drug-likeness (QED) is 0.635. The first-order valence-corrected chi connectivity index (χ1v) is 7.37. The molecule has 0 heterocycles. The summed E-state index contributed by atoms with van der Waals surface area (Å²) in [6, 6.07) is 14.9. The number of rotatable bonds is 4. The maximum absolute atomic E-state index is 12.3. The van der Waals surface area contributed by atoms with E-state index in [0.29, 0.717) is 5.56 Å². The second-order valence-electron chi connectivity index (χ2n) is 3.98. The van der Waals surface area contributed by atoms with E-state index in [1.807, 2.05) is 0 Å². The SMILES string of the molecule is CS(=O)(=O)Oc1ccccc1C(=O)c1ccccc1. The van der Waals surface area contributed by atoms with Crippen molar-refractivity contribution in [1.82, 2.24) is 0 Å². The summed E-state index contributed by atoms with van der Waals surface area (Å²) >= 11 is 0. The Balaban J connectivity index is 2.43. The van der Waals surface area contributed by atoms with Crippen molar-refractivity contribution in [3.8, 4) is 5.75 Å². The van der Waals surface area contributed by atoms with E-state index in [4.69, 9.17) is 4.18 Å². The molecule has 2 aromatic rings. The molecule has 0 N–H and O–H groups in total. The van der Waals surface area contributed by atoms with Crippen molar-refractivity contribution in [3.63, 3.8) is 0 Å². The van der Waals surface area contributed by atoms with Gasteiger partial charge >= 0.3 is 10.1 Å². The molecule has 0 aromatic heterocycles. The summed E-state index contributed by atoms with van der Waals surface area (Å²) in [5.41, 5.74) is 0.700. The zero-order valence-electron chi connectivity index (χ0n) is 10.2. The molecule has 0 fully saturated rings. The largest absolute Gasteiger partial charge is 0.382 e. The van der Waals surface area contributed by atoms with Gasteiger partial charge in [-0.1, -0.05) is 42.5 Å². The van der Waals surface area contributed by atoms with Crippen molar-refractivity contribution >= 4 is 15.9 Å². The molecule has 2 aromatic carbocycles. The van der Waals surface area contributed by atoms with Crippen LogP contribution in [0.5, 0.6) is 5.75 Å². The molecule has 2 rings (SSSR count). The third-order valence-electron chi connectivity index (χ3n) is 2.41. The average Bonchev–Trinajstić information content (AvgIpc) is 2.38. The summed E-state index contributed by atoms with van der Waals surface area (Å²) in [6.07, 6.45) is 0.941. The monoisotopic (exact) mass is 276 g/mol. The van der Waals surface area contributed by atoms with Gasteiger partial charge in [0.1, 0.15) is 0 Å². The molecule has 0 aliphatic rings. The van der Waals surface area contributed by atoms with Crippen LogP contribution in [0.2, 0.25) is 0 Å². The Morgan fingerprint density at radius 3 is 2.16 bits per heavy atom. The summed E-state index contributed by atoms with van der Waals surface area (Å²) in [7, 11) is -3.67. The van der Waals surface area contributed by atoms with Crippen molar-refractivity contribution < 1.29 is 17.4 Å². The van der Waals surface area contributed by atoms with Gasteiger partial charge in [-0.3, -0.25) is 4.79 Å². The predicted molar refractivity (Wildman–Crippen MR) is 71.8 cm³/mol. The summed E-state index contributed by atoms with van der Waals surface area (Å²) in [5, 5.41) is 0. The van der Waals surface area contributed by atoms with Crippen LogP contribution in [-0.2, 0) is 10.1 Å². The van der Waals surface area contributed by atoms with Crippen molar-refractivity contribution in [3.05, 3.63) is 65.7 Å². The predicted octanol–water partition coefficient (Wildman–Crippen LogP) is 2.26. The number of carbonyl (C=O) groups is 1. The van der Waals surface area contributed by atoms with Crippen molar-refractivity contribution in [1.29, 1.82) is 0 Å². The fourth-order valence-corrected chi connectivity index (χ4v) is 2.11. The molecule has 5 heteroatoms. The number of hydrogen-bond acceptors (Lipinski definition) is 4. The van der Waals surface area contributed by atoms with Gasteiger partial charge in [0.15, 0.2) is 11.5 Å². The van der Waals surface area contributed by atoms with E-state index in [0.717, 1.165) is 6.26 Å². The zero-order valence-corrected chi connectivity index (χ0v) is 11.1. The topological polar surface area (TPSA) is 60.4 Å². The van der Waals surface area contributed by atoms with Crippen LogP contribution < -0.4 is 4.18 Å². The number of carbonyl (C=O) groups excluding carboxylic acids is 1. The molecule has 0 aliphatic carbocycles. The van der Waals surface area contributed by atoms with Crippen molar-refractivity contribution in [2.45, 2.75) is 0 Å². The van der Waals surface area contributed by atoms with E-state index < -0.39 is 10.1 Å². The second kappa shape index (κ2) is 5.24. The third kappa shape index (κ3) is 3.42. The minimum Gasteiger partial charge on any atom is -0.382 e. The van der Waals surface area contributed by atoms with Gasteiger partial charge < -0.3 is 4.18 Å². The lowest BCUT2D eigenvalue weighted by molar-refractivity contribution is 0.103. The Morgan fingerprint density at radius 1 is 0.947 bits per heavy atom. The average molecular weight is 276 g/mol. The van der Waals surface area contributed by atoms with E-state index in [2.05, 4.69) is 0 Å². The van der Waals surface area contributed by atoms with Gasteiger partial charge in [0.25, 0.3) is 0 Å². The smallest absolute Gasteiger partial charge is 0.306 e. The van der Waals surface area contributed by atoms with Crippen LogP contribution in [-0.4, -0.2) is 20.5 Å². The van der Waals surface area contributed by atoms with Gasteiger partial charge in [0.05, 0.1) is 11.8 Å². The van der Waals surface area contributed by atoms with Crippen molar-refractivity contribution in [2.75, 3.05) is 6.26 Å². The molecule has 0 bridgehead atoms. The van der Waals surface area contributed by atoms with Crippen LogP contribution >= 0.6 is 0 Å². The normalized spacial score (nSPS) is 11.0. The Labute approximate surface area is 111 Å². The lowest BCUT2D eigenvalue weighted by Gasteiger charge is -2.08. The summed E-state index contributed by atoms with van der Waals surface area (Å²) in [6.45, 7) is 0. The molecular formula is C14H12O4S. The summed E-state index contributed by atoms with van der Waals surface area (Å²) in [4.78, 5) is 12.3. The Hall–Kier alpha value is -2.14. The Bertz CT molecular complexity index is 690. The maximum atomic E-state index is 12.3. The van der Waals surface area contributed by atoms with Gasteiger partial charge in [-0.2, -0.15) is 8.42 Å². The minimum atomic E-state index is -3.67. The fraction of sp³-hybridized carbons (Fsp3) is 0.0714. The molecule has 0 amide bonds. The Kier molecular flexibility index (Phi) is 3.66. The minimum absolute atomic E-state index is 0.0406. The highest BCUT2D eigenvalue weighted by Crippen LogP contribution is 2.22. The van der Waals surface area contributed by atoms with Crippen LogP contribution in [0.1, 0.15) is 15.9 Å². The number of benzene rings is 2. The molecule has 0 spiro atoms. The molecule has 0 radical (unpaired) electrons. The van der Waals surface area contributed by atoms with E-state index in [-0.39, 0.29) is 17.1 Å². The van der Waals surface area contributed by atoms with Crippen LogP contribution in [0.3, 0.4) is 0 Å². The second-order valence-corrected chi connectivity index (χ2v) is 5.55. The third-order valence-corrected chi connectivity index (χ3v) is 2.89. The highest BCUT2D eigenvalue weighted by Gasteiger charge is 2.16. The number of hydrogen-bond donors (Lipinski definition) is 0. The zero-order chi connectivity index (χ0) is 13.9. The van der Waals surface area contributed by atoms with Crippen LogP contribution in [0.4, 0.5) is 0 Å². The molecule has 0 atom stereocenters. The fourth-order valence-electron chi connectivity index (χ4n) is 1.64. The van der Waals surface area contributed by atoms with E-state index in [1.165, 1.54) is 12.1 Å². The first-order valence-electron chi connectivity index (χ1n) is 5.55. The summed E-state index contributed by atoms with van der Waals surface area (Å²) < 4.78 is 27.2. The first-order chi connectivity index (χ1) is 8.97. The van der Waals surface area contributed by atoms with Crippen LogP contribution in [0, 0.1) is 0 Å².